The fourth-order valence-corrected chi connectivity index (χ4v) is 4.45. The largest absolute Gasteiger partial charge is 0.454 e. The molecule has 124 valence electrons. The first-order valence-electron chi connectivity index (χ1n) is 6.42. The monoisotopic (exact) mass is 342 g/mol. The van der Waals surface area contributed by atoms with Crippen LogP contribution in [0.4, 0.5) is 8.78 Å². The third-order valence-electron chi connectivity index (χ3n) is 3.74. The Hall–Kier alpha value is -1.33. The molecule has 0 aromatic rings. The van der Waals surface area contributed by atoms with E-state index in [0.717, 1.165) is 0 Å². The van der Waals surface area contributed by atoms with Crippen LogP contribution in [0.25, 0.3) is 0 Å². The first kappa shape index (κ1) is 15.6. The minimum Gasteiger partial charge on any atom is -0.454 e. The highest BCUT2D eigenvalue weighted by molar-refractivity contribution is 7.87. The quantitative estimate of drug-likeness (QED) is 0.491. The molecule has 3 rings (SSSR count). The Bertz CT molecular complexity index is 612. The van der Waals surface area contributed by atoms with Crippen LogP contribution >= 0.6 is 0 Å². The summed E-state index contributed by atoms with van der Waals surface area (Å²) in [5.74, 6) is -6.65. The van der Waals surface area contributed by atoms with Crippen LogP contribution in [0.5, 0.6) is 0 Å². The lowest BCUT2D eigenvalue weighted by Crippen LogP contribution is -2.42. The molecule has 0 amide bonds. The van der Waals surface area contributed by atoms with Gasteiger partial charge in [0.05, 0.1) is 6.10 Å². The van der Waals surface area contributed by atoms with E-state index in [1.54, 1.807) is 0 Å². The molecule has 2 bridgehead atoms. The van der Waals surface area contributed by atoms with Gasteiger partial charge in [-0.05, 0) is 6.42 Å². The summed E-state index contributed by atoms with van der Waals surface area (Å²) in [6.07, 6.45) is -3.11. The van der Waals surface area contributed by atoms with E-state index in [2.05, 4.69) is 4.74 Å². The second kappa shape index (κ2) is 4.83. The normalized spacial score (nSPS) is 38.0. The molecule has 3 aliphatic heterocycles. The summed E-state index contributed by atoms with van der Waals surface area (Å²) < 4.78 is 67.7. The van der Waals surface area contributed by atoms with Crippen molar-refractivity contribution < 1.29 is 45.2 Å². The van der Waals surface area contributed by atoms with Gasteiger partial charge in [0.2, 0.25) is 0 Å². The lowest BCUT2D eigenvalue weighted by molar-refractivity contribution is -0.178. The molecule has 0 N–H and O–H groups in total. The third kappa shape index (κ3) is 2.46. The predicted octanol–water partition coefficient (Wildman–Crippen LogP) is -0.635. The second-order valence-electron chi connectivity index (χ2n) is 5.39. The van der Waals surface area contributed by atoms with E-state index in [4.69, 9.17) is 13.7 Å². The van der Waals surface area contributed by atoms with Gasteiger partial charge < -0.3 is 14.2 Å². The van der Waals surface area contributed by atoms with E-state index < -0.39 is 64.3 Å². The van der Waals surface area contributed by atoms with E-state index in [-0.39, 0.29) is 6.42 Å². The summed E-state index contributed by atoms with van der Waals surface area (Å²) in [4.78, 5) is 22.4. The predicted molar refractivity (Wildman–Crippen MR) is 62.3 cm³/mol. The number of fused-ring (bicyclic) bond motifs is 1. The summed E-state index contributed by atoms with van der Waals surface area (Å²) in [5.41, 5.74) is 0. The van der Waals surface area contributed by atoms with E-state index in [9.17, 15) is 26.8 Å². The van der Waals surface area contributed by atoms with Crippen LogP contribution < -0.4 is 0 Å². The van der Waals surface area contributed by atoms with E-state index in [0.29, 0.717) is 6.92 Å². The Balaban J connectivity index is 1.57. The standard InChI is InChI=1S/C11H12F2O8S/c1-11(12,13)10(15)18-3-6(14)20-7-4-2-5-8(19-4)9(7)21-22(5,16)17/h4-5,7-9H,2-3H2,1H3. The number of hydrogen-bond acceptors (Lipinski definition) is 8. The van der Waals surface area contributed by atoms with Crippen LogP contribution in [0.3, 0.4) is 0 Å². The molecule has 0 aromatic carbocycles. The number of rotatable bonds is 4. The maximum atomic E-state index is 12.6. The fraction of sp³-hybridized carbons (Fsp3) is 0.818. The molecule has 5 atom stereocenters. The third-order valence-corrected chi connectivity index (χ3v) is 5.43. The van der Waals surface area contributed by atoms with Crippen molar-refractivity contribution in [1.29, 1.82) is 0 Å². The van der Waals surface area contributed by atoms with Gasteiger partial charge in [-0.2, -0.15) is 17.2 Å². The van der Waals surface area contributed by atoms with Gasteiger partial charge in [-0.3, -0.25) is 4.18 Å². The van der Waals surface area contributed by atoms with E-state index in [1.165, 1.54) is 0 Å². The molecule has 0 saturated carbocycles. The summed E-state index contributed by atoms with van der Waals surface area (Å²) in [6, 6.07) is 0. The van der Waals surface area contributed by atoms with Gasteiger partial charge in [0, 0.05) is 6.92 Å². The average Bonchev–Trinajstić information content (AvgIpc) is 2.98. The number of alkyl halides is 2. The molecule has 3 aliphatic rings. The van der Waals surface area contributed by atoms with Gasteiger partial charge >= 0.3 is 17.9 Å². The summed E-state index contributed by atoms with van der Waals surface area (Å²) in [7, 11) is -3.75. The zero-order valence-electron chi connectivity index (χ0n) is 11.2. The van der Waals surface area contributed by atoms with Crippen LogP contribution in [0.15, 0.2) is 0 Å². The van der Waals surface area contributed by atoms with Crippen molar-refractivity contribution in [2.75, 3.05) is 6.61 Å². The molecule has 8 nitrogen and oxygen atoms in total. The van der Waals surface area contributed by atoms with Crippen molar-refractivity contribution in [2.24, 2.45) is 0 Å². The first-order valence-corrected chi connectivity index (χ1v) is 7.89. The lowest BCUT2D eigenvalue weighted by Gasteiger charge is -2.21. The number of carbonyl (C=O) groups excluding carboxylic acids is 2. The number of hydrogen-bond donors (Lipinski definition) is 0. The first-order chi connectivity index (χ1) is 10.1. The van der Waals surface area contributed by atoms with Crippen LogP contribution in [0.1, 0.15) is 13.3 Å². The number of esters is 2. The van der Waals surface area contributed by atoms with Crippen LogP contribution in [0, 0.1) is 0 Å². The van der Waals surface area contributed by atoms with Gasteiger partial charge in [0.1, 0.15) is 17.5 Å². The van der Waals surface area contributed by atoms with Crippen LogP contribution in [0.2, 0.25) is 0 Å². The number of ether oxygens (including phenoxy) is 3. The van der Waals surface area contributed by atoms with Gasteiger partial charge in [-0.1, -0.05) is 0 Å². The molecule has 3 heterocycles. The van der Waals surface area contributed by atoms with Crippen LogP contribution in [-0.4, -0.2) is 62.6 Å². The molecule has 22 heavy (non-hydrogen) atoms. The molecule has 0 aromatic heterocycles. The Morgan fingerprint density at radius 1 is 1.32 bits per heavy atom. The molecule has 3 fully saturated rings. The molecule has 0 spiro atoms. The smallest absolute Gasteiger partial charge is 0.377 e. The number of halogens is 2. The summed E-state index contributed by atoms with van der Waals surface area (Å²) in [5, 5.41) is -0.769. The fourth-order valence-electron chi connectivity index (χ4n) is 2.80. The summed E-state index contributed by atoms with van der Waals surface area (Å²) >= 11 is 0. The Morgan fingerprint density at radius 3 is 2.64 bits per heavy atom. The van der Waals surface area contributed by atoms with E-state index >= 15 is 0 Å². The Kier molecular flexibility index (Phi) is 3.42. The minimum absolute atomic E-state index is 0.133. The van der Waals surface area contributed by atoms with Gasteiger partial charge in [-0.15, -0.1) is 0 Å². The van der Waals surface area contributed by atoms with E-state index in [1.807, 2.05) is 0 Å². The maximum absolute atomic E-state index is 12.6. The van der Waals surface area contributed by atoms with Crippen molar-refractivity contribution in [2.45, 2.75) is 48.9 Å². The minimum atomic E-state index is -3.75. The molecular weight excluding hydrogens is 330 g/mol. The van der Waals surface area contributed by atoms with Crippen LogP contribution in [-0.2, 0) is 38.1 Å². The highest BCUT2D eigenvalue weighted by Gasteiger charge is 2.67. The van der Waals surface area contributed by atoms with Crippen molar-refractivity contribution in [3.05, 3.63) is 0 Å². The van der Waals surface area contributed by atoms with Gasteiger partial charge in [0.25, 0.3) is 10.1 Å². The zero-order chi connectivity index (χ0) is 16.3. The molecular formula is C11H12F2O8S. The molecule has 5 unspecified atom stereocenters. The van der Waals surface area contributed by atoms with Gasteiger partial charge in [-0.25, -0.2) is 9.59 Å². The SMILES string of the molecule is CC(F)(F)C(=O)OCC(=O)OC1C2CC3C(O2)C1OS3(=O)=O. The zero-order valence-corrected chi connectivity index (χ0v) is 12.0. The molecule has 3 saturated heterocycles. The Labute approximate surface area is 123 Å². The lowest BCUT2D eigenvalue weighted by atomic mass is 9.94. The molecule has 11 heteroatoms. The van der Waals surface area contributed by atoms with Crippen molar-refractivity contribution in [1.82, 2.24) is 0 Å². The van der Waals surface area contributed by atoms with Crippen molar-refractivity contribution in [3.8, 4) is 0 Å². The van der Waals surface area contributed by atoms with Crippen molar-refractivity contribution >= 4 is 22.1 Å². The highest BCUT2D eigenvalue weighted by atomic mass is 32.2. The maximum Gasteiger partial charge on any atom is 0.377 e. The Morgan fingerprint density at radius 2 is 2.00 bits per heavy atom. The number of carbonyl (C=O) groups is 2. The second-order valence-corrected chi connectivity index (χ2v) is 7.17. The summed E-state index contributed by atoms with van der Waals surface area (Å²) in [6.45, 7) is -0.666. The highest BCUT2D eigenvalue weighted by Crippen LogP contribution is 2.47. The topological polar surface area (TPSA) is 105 Å². The van der Waals surface area contributed by atoms with Gasteiger partial charge in [0.15, 0.2) is 12.7 Å². The molecule has 0 aliphatic carbocycles. The average molecular weight is 342 g/mol. The van der Waals surface area contributed by atoms with Crippen molar-refractivity contribution in [3.63, 3.8) is 0 Å². The molecule has 0 radical (unpaired) electrons.